The smallest absolute Gasteiger partial charge is 0.338 e. The SMILES string of the molecule is COc1ccc(C(NC(=O)COC(=O)c2cccc(OCc3csc(C)n3)c2)C2CC2)cc1. The molecule has 1 aromatic heterocycles. The second-order valence-electron chi connectivity index (χ2n) is 7.91. The number of hydrogen-bond acceptors (Lipinski definition) is 7. The summed E-state index contributed by atoms with van der Waals surface area (Å²) in [6.07, 6.45) is 2.12. The summed E-state index contributed by atoms with van der Waals surface area (Å²) < 4.78 is 16.2. The van der Waals surface area contributed by atoms with Gasteiger partial charge in [0.05, 0.1) is 29.4 Å². The summed E-state index contributed by atoms with van der Waals surface area (Å²) in [5.41, 5.74) is 2.17. The van der Waals surface area contributed by atoms with Crippen LogP contribution in [0.4, 0.5) is 0 Å². The fourth-order valence-electron chi connectivity index (χ4n) is 3.49. The minimum atomic E-state index is -0.576. The van der Waals surface area contributed by atoms with Crippen molar-refractivity contribution >= 4 is 23.2 Å². The van der Waals surface area contributed by atoms with Gasteiger partial charge in [-0.15, -0.1) is 11.3 Å². The molecule has 172 valence electrons. The number of ether oxygens (including phenoxy) is 3. The van der Waals surface area contributed by atoms with Gasteiger partial charge in [-0.25, -0.2) is 9.78 Å². The predicted octanol–water partition coefficient (Wildman–Crippen LogP) is 4.46. The Balaban J connectivity index is 1.29. The van der Waals surface area contributed by atoms with Gasteiger partial charge in [-0.05, 0) is 61.6 Å². The van der Waals surface area contributed by atoms with Crippen molar-refractivity contribution < 1.29 is 23.8 Å². The maximum Gasteiger partial charge on any atom is 0.338 e. The van der Waals surface area contributed by atoms with Crippen molar-refractivity contribution in [1.29, 1.82) is 0 Å². The Bertz CT molecular complexity index is 1110. The number of thiazole rings is 1. The van der Waals surface area contributed by atoms with E-state index in [1.54, 1.807) is 42.7 Å². The van der Waals surface area contributed by atoms with Crippen LogP contribution in [0.5, 0.6) is 11.5 Å². The number of amides is 1. The lowest BCUT2D eigenvalue weighted by Gasteiger charge is -2.19. The molecule has 1 N–H and O–H groups in total. The Morgan fingerprint density at radius 1 is 1.15 bits per heavy atom. The van der Waals surface area contributed by atoms with Crippen LogP contribution < -0.4 is 14.8 Å². The third-order valence-corrected chi connectivity index (χ3v) is 6.16. The molecule has 2 aromatic carbocycles. The zero-order chi connectivity index (χ0) is 23.2. The fourth-order valence-corrected chi connectivity index (χ4v) is 4.09. The van der Waals surface area contributed by atoms with Crippen molar-refractivity contribution in [2.45, 2.75) is 32.4 Å². The minimum absolute atomic E-state index is 0.104. The third-order valence-electron chi connectivity index (χ3n) is 5.34. The molecule has 7 nitrogen and oxygen atoms in total. The molecule has 1 aliphatic carbocycles. The Hall–Kier alpha value is -3.39. The van der Waals surface area contributed by atoms with Gasteiger partial charge >= 0.3 is 5.97 Å². The van der Waals surface area contributed by atoms with Gasteiger partial charge in [0.15, 0.2) is 6.61 Å². The van der Waals surface area contributed by atoms with Crippen molar-refractivity contribution in [1.82, 2.24) is 10.3 Å². The maximum atomic E-state index is 12.5. The molecule has 0 spiro atoms. The van der Waals surface area contributed by atoms with E-state index >= 15 is 0 Å². The summed E-state index contributed by atoms with van der Waals surface area (Å²) in [7, 11) is 1.62. The van der Waals surface area contributed by atoms with Gasteiger partial charge in [0, 0.05) is 5.38 Å². The van der Waals surface area contributed by atoms with Crippen molar-refractivity contribution in [2.24, 2.45) is 5.92 Å². The largest absolute Gasteiger partial charge is 0.497 e. The summed E-state index contributed by atoms with van der Waals surface area (Å²) in [5, 5.41) is 5.91. The number of carbonyl (C=O) groups is 2. The molecule has 3 aromatic rings. The van der Waals surface area contributed by atoms with Gasteiger partial charge in [-0.2, -0.15) is 0 Å². The zero-order valence-electron chi connectivity index (χ0n) is 18.6. The van der Waals surface area contributed by atoms with Crippen molar-refractivity contribution in [3.8, 4) is 11.5 Å². The molecule has 1 unspecified atom stereocenters. The first-order valence-electron chi connectivity index (χ1n) is 10.8. The van der Waals surface area contributed by atoms with Crippen LogP contribution in [0.3, 0.4) is 0 Å². The highest BCUT2D eigenvalue weighted by Crippen LogP contribution is 2.41. The van der Waals surface area contributed by atoms with Gasteiger partial charge in [0.1, 0.15) is 18.1 Å². The molecule has 1 amide bonds. The summed E-state index contributed by atoms with van der Waals surface area (Å²) in [6.45, 7) is 1.91. The molecule has 0 bridgehead atoms. The van der Waals surface area contributed by atoms with Crippen LogP contribution in [0, 0.1) is 12.8 Å². The van der Waals surface area contributed by atoms with Gasteiger partial charge in [0.2, 0.25) is 0 Å². The molecule has 1 heterocycles. The van der Waals surface area contributed by atoms with E-state index < -0.39 is 5.97 Å². The first-order chi connectivity index (χ1) is 16.0. The fraction of sp³-hybridized carbons (Fsp3) is 0.320. The quantitative estimate of drug-likeness (QED) is 0.444. The van der Waals surface area contributed by atoms with Crippen molar-refractivity contribution in [2.75, 3.05) is 13.7 Å². The lowest BCUT2D eigenvalue weighted by molar-refractivity contribution is -0.125. The maximum absolute atomic E-state index is 12.5. The highest BCUT2D eigenvalue weighted by Gasteiger charge is 2.33. The molecular formula is C25H26N2O5S. The van der Waals surface area contributed by atoms with Crippen LogP contribution in [0.25, 0.3) is 0 Å². The average Bonchev–Trinajstić information content (AvgIpc) is 3.60. The monoisotopic (exact) mass is 466 g/mol. The van der Waals surface area contributed by atoms with Gasteiger partial charge < -0.3 is 19.5 Å². The van der Waals surface area contributed by atoms with Gasteiger partial charge in [-0.1, -0.05) is 18.2 Å². The van der Waals surface area contributed by atoms with E-state index in [0.29, 0.717) is 23.8 Å². The van der Waals surface area contributed by atoms with Gasteiger partial charge in [-0.3, -0.25) is 4.79 Å². The first kappa shape index (κ1) is 22.8. The number of hydrogen-bond donors (Lipinski definition) is 1. The van der Waals surface area contributed by atoms with Crippen LogP contribution >= 0.6 is 11.3 Å². The summed E-state index contributed by atoms with van der Waals surface area (Å²) in [5.74, 6) is 0.789. The second kappa shape index (κ2) is 10.5. The Morgan fingerprint density at radius 2 is 1.94 bits per heavy atom. The molecule has 4 rings (SSSR count). The van der Waals surface area contributed by atoms with E-state index in [1.807, 2.05) is 36.6 Å². The van der Waals surface area contributed by atoms with Crippen molar-refractivity contribution in [3.05, 3.63) is 75.7 Å². The number of nitrogens with one attached hydrogen (secondary N) is 1. The molecule has 0 aliphatic heterocycles. The summed E-state index contributed by atoms with van der Waals surface area (Å²) in [4.78, 5) is 29.3. The molecule has 0 saturated heterocycles. The van der Waals surface area contributed by atoms with Gasteiger partial charge in [0.25, 0.3) is 5.91 Å². The molecule has 1 saturated carbocycles. The highest BCUT2D eigenvalue weighted by molar-refractivity contribution is 7.09. The molecule has 8 heteroatoms. The van der Waals surface area contributed by atoms with Crippen LogP contribution in [0.2, 0.25) is 0 Å². The molecular weight excluding hydrogens is 440 g/mol. The van der Waals surface area contributed by atoms with E-state index in [2.05, 4.69) is 10.3 Å². The van der Waals surface area contributed by atoms with Crippen molar-refractivity contribution in [3.63, 3.8) is 0 Å². The van der Waals surface area contributed by atoms with Crippen LogP contribution in [0.1, 0.15) is 45.5 Å². The number of esters is 1. The first-order valence-corrected chi connectivity index (χ1v) is 11.6. The van der Waals surface area contributed by atoms with E-state index in [0.717, 1.165) is 34.9 Å². The van der Waals surface area contributed by atoms with E-state index in [1.165, 1.54) is 0 Å². The summed E-state index contributed by atoms with van der Waals surface area (Å²) >= 11 is 1.56. The third kappa shape index (κ3) is 6.32. The number of nitrogens with zero attached hydrogens (tertiary/aromatic N) is 1. The highest BCUT2D eigenvalue weighted by atomic mass is 32.1. The Kier molecular flexibility index (Phi) is 7.24. The average molecular weight is 467 g/mol. The van der Waals surface area contributed by atoms with Crippen LogP contribution in [-0.2, 0) is 16.1 Å². The molecule has 1 fully saturated rings. The van der Waals surface area contributed by atoms with E-state index in [-0.39, 0.29) is 18.6 Å². The molecule has 33 heavy (non-hydrogen) atoms. The summed E-state index contributed by atoms with van der Waals surface area (Å²) in [6, 6.07) is 14.3. The number of rotatable bonds is 10. The molecule has 1 aliphatic rings. The number of benzene rings is 2. The molecule has 0 radical (unpaired) electrons. The van der Waals surface area contributed by atoms with E-state index in [4.69, 9.17) is 14.2 Å². The lowest BCUT2D eigenvalue weighted by atomic mass is 10.0. The number of aromatic nitrogens is 1. The van der Waals surface area contributed by atoms with E-state index in [9.17, 15) is 9.59 Å². The number of aryl methyl sites for hydroxylation is 1. The standard InChI is InChI=1S/C25H26N2O5S/c1-16-26-20(15-33-16)13-31-22-5-3-4-19(12-22)25(29)32-14-23(28)27-24(17-6-7-17)18-8-10-21(30-2)11-9-18/h3-5,8-12,15,17,24H,6-7,13-14H2,1-2H3,(H,27,28). The minimum Gasteiger partial charge on any atom is -0.497 e. The number of carbonyl (C=O) groups excluding carboxylic acids is 2. The zero-order valence-corrected chi connectivity index (χ0v) is 19.4. The number of methoxy groups -OCH3 is 1. The van der Waals surface area contributed by atoms with Crippen LogP contribution in [0.15, 0.2) is 53.9 Å². The normalized spacial score (nSPS) is 13.8. The Labute approximate surface area is 196 Å². The lowest BCUT2D eigenvalue weighted by Crippen LogP contribution is -2.33. The Morgan fingerprint density at radius 3 is 2.61 bits per heavy atom. The molecule has 1 atom stereocenters. The van der Waals surface area contributed by atoms with Crippen LogP contribution in [-0.4, -0.2) is 30.6 Å². The second-order valence-corrected chi connectivity index (χ2v) is 8.97. The topological polar surface area (TPSA) is 86.8 Å². The predicted molar refractivity (Wildman–Crippen MR) is 125 cm³/mol.